The number of anilines is 1. The Morgan fingerprint density at radius 3 is 2.33 bits per heavy atom. The summed E-state index contributed by atoms with van der Waals surface area (Å²) in [5.41, 5.74) is 12.0. The third-order valence-electron chi connectivity index (χ3n) is 7.89. The van der Waals surface area contributed by atoms with Crippen LogP contribution in [0, 0.1) is 27.7 Å². The van der Waals surface area contributed by atoms with E-state index in [-0.39, 0.29) is 18.5 Å². The highest BCUT2D eigenvalue weighted by Crippen LogP contribution is 2.29. The van der Waals surface area contributed by atoms with Crippen molar-refractivity contribution in [3.05, 3.63) is 82.5 Å². The molecular formula is C32H38N6O4S. The molecule has 0 bridgehead atoms. The molecule has 3 aromatic carbocycles. The minimum Gasteiger partial charge on any atom is -0.381 e. The number of hydrogen-bond donors (Lipinski definition) is 3. The maximum absolute atomic E-state index is 13.2. The first-order valence-electron chi connectivity index (χ1n) is 14.4. The van der Waals surface area contributed by atoms with Crippen LogP contribution in [-0.4, -0.2) is 60.1 Å². The Bertz CT molecular complexity index is 1790. The van der Waals surface area contributed by atoms with Gasteiger partial charge < -0.3 is 16.0 Å². The molecule has 226 valence electrons. The molecule has 0 aliphatic carbocycles. The number of hydrogen-bond acceptors (Lipinski definition) is 6. The van der Waals surface area contributed by atoms with E-state index in [1.54, 1.807) is 27.9 Å². The van der Waals surface area contributed by atoms with Gasteiger partial charge in [-0.2, -0.15) is 5.10 Å². The average Bonchev–Trinajstić information content (AvgIpc) is 3.59. The lowest BCUT2D eigenvalue weighted by Gasteiger charge is -2.22. The van der Waals surface area contributed by atoms with Crippen molar-refractivity contribution in [2.75, 3.05) is 18.4 Å². The Morgan fingerprint density at radius 2 is 1.67 bits per heavy atom. The van der Waals surface area contributed by atoms with Crippen molar-refractivity contribution in [2.24, 2.45) is 5.73 Å². The zero-order valence-corrected chi connectivity index (χ0v) is 26.0. The van der Waals surface area contributed by atoms with E-state index in [4.69, 9.17) is 5.73 Å². The number of sulfonamides is 1. The number of rotatable bonds is 9. The lowest BCUT2D eigenvalue weighted by Crippen LogP contribution is -2.43. The SMILES string of the molecule is Cc1cc(C)c(S(=O)(=O)NC[C@@H](C)Nc2cc(C)cc3c2cnn3-c2ccc(C(=O)N3CCC[C@H]3C(N)=O)cc2)c(C)c1. The summed E-state index contributed by atoms with van der Waals surface area (Å²) < 4.78 is 30.9. The zero-order valence-electron chi connectivity index (χ0n) is 25.1. The van der Waals surface area contributed by atoms with Crippen LogP contribution in [0.25, 0.3) is 16.6 Å². The zero-order chi connectivity index (χ0) is 31.1. The predicted octanol–water partition coefficient (Wildman–Crippen LogP) is 4.13. The maximum Gasteiger partial charge on any atom is 0.254 e. The number of aromatic nitrogens is 2. The van der Waals surface area contributed by atoms with E-state index in [0.717, 1.165) is 51.0 Å². The first-order valence-corrected chi connectivity index (χ1v) is 15.9. The molecule has 43 heavy (non-hydrogen) atoms. The van der Waals surface area contributed by atoms with Crippen LogP contribution in [0.3, 0.4) is 0 Å². The molecule has 5 rings (SSSR count). The molecule has 1 fully saturated rings. The number of amides is 2. The molecule has 1 aliphatic rings. The quantitative estimate of drug-likeness (QED) is 0.263. The van der Waals surface area contributed by atoms with Crippen molar-refractivity contribution in [1.82, 2.24) is 19.4 Å². The van der Waals surface area contributed by atoms with Gasteiger partial charge in [0.05, 0.1) is 22.3 Å². The smallest absolute Gasteiger partial charge is 0.254 e. The van der Waals surface area contributed by atoms with Gasteiger partial charge in [0.25, 0.3) is 5.91 Å². The van der Waals surface area contributed by atoms with Crippen molar-refractivity contribution in [2.45, 2.75) is 64.4 Å². The van der Waals surface area contributed by atoms with Gasteiger partial charge in [0.15, 0.2) is 0 Å². The highest BCUT2D eigenvalue weighted by Gasteiger charge is 2.33. The highest BCUT2D eigenvalue weighted by atomic mass is 32.2. The number of carbonyl (C=O) groups is 2. The molecule has 0 saturated carbocycles. The molecule has 1 aromatic heterocycles. The largest absolute Gasteiger partial charge is 0.381 e. The van der Waals surface area contributed by atoms with Gasteiger partial charge in [-0.3, -0.25) is 9.59 Å². The van der Waals surface area contributed by atoms with Crippen LogP contribution < -0.4 is 15.8 Å². The molecule has 2 heterocycles. The summed E-state index contributed by atoms with van der Waals surface area (Å²) in [5.74, 6) is -0.689. The van der Waals surface area contributed by atoms with Crippen LogP contribution in [-0.2, 0) is 14.8 Å². The van der Waals surface area contributed by atoms with E-state index in [9.17, 15) is 18.0 Å². The average molecular weight is 603 g/mol. The van der Waals surface area contributed by atoms with Crippen molar-refractivity contribution in [3.63, 3.8) is 0 Å². The lowest BCUT2D eigenvalue weighted by molar-refractivity contribution is -0.121. The van der Waals surface area contributed by atoms with Crippen molar-refractivity contribution in [1.29, 1.82) is 0 Å². The summed E-state index contributed by atoms with van der Waals surface area (Å²) in [6.45, 7) is 10.2. The van der Waals surface area contributed by atoms with Crippen molar-refractivity contribution < 1.29 is 18.0 Å². The lowest BCUT2D eigenvalue weighted by atomic mass is 10.1. The maximum atomic E-state index is 13.2. The number of nitrogens with zero attached hydrogens (tertiary/aromatic N) is 3. The Morgan fingerprint density at radius 1 is 1.02 bits per heavy atom. The number of benzene rings is 3. The molecule has 1 aliphatic heterocycles. The number of nitrogens with one attached hydrogen (secondary N) is 2. The first kappa shape index (κ1) is 30.2. The molecule has 0 radical (unpaired) electrons. The van der Waals surface area contributed by atoms with Gasteiger partial charge in [-0.25, -0.2) is 17.8 Å². The molecule has 1 saturated heterocycles. The summed E-state index contributed by atoms with van der Waals surface area (Å²) in [5, 5.41) is 8.96. The van der Waals surface area contributed by atoms with Crippen molar-refractivity contribution >= 4 is 38.4 Å². The molecule has 4 N–H and O–H groups in total. The van der Waals surface area contributed by atoms with E-state index in [1.165, 1.54) is 0 Å². The molecule has 2 atom stereocenters. The van der Waals surface area contributed by atoms with E-state index in [1.807, 2.05) is 71.0 Å². The van der Waals surface area contributed by atoms with Crippen LogP contribution in [0.15, 0.2) is 59.6 Å². The highest BCUT2D eigenvalue weighted by molar-refractivity contribution is 7.89. The van der Waals surface area contributed by atoms with E-state index >= 15 is 0 Å². The van der Waals surface area contributed by atoms with Gasteiger partial charge in [0.2, 0.25) is 15.9 Å². The van der Waals surface area contributed by atoms with Gasteiger partial charge in [-0.05, 0) is 101 Å². The van der Waals surface area contributed by atoms with E-state index < -0.39 is 22.0 Å². The second-order valence-electron chi connectivity index (χ2n) is 11.5. The second-order valence-corrected chi connectivity index (χ2v) is 13.2. The summed E-state index contributed by atoms with van der Waals surface area (Å²) in [7, 11) is -3.69. The summed E-state index contributed by atoms with van der Waals surface area (Å²) in [4.78, 5) is 26.7. The Balaban J connectivity index is 1.33. The Kier molecular flexibility index (Phi) is 8.31. The minimum absolute atomic E-state index is 0.196. The van der Waals surface area contributed by atoms with Gasteiger partial charge in [-0.15, -0.1) is 0 Å². The topological polar surface area (TPSA) is 139 Å². The van der Waals surface area contributed by atoms with Crippen LogP contribution in [0.4, 0.5) is 5.69 Å². The van der Waals surface area contributed by atoms with Crippen LogP contribution in [0.1, 0.15) is 52.4 Å². The molecule has 10 nitrogen and oxygen atoms in total. The van der Waals surface area contributed by atoms with Crippen LogP contribution in [0.5, 0.6) is 0 Å². The molecular weight excluding hydrogens is 564 g/mol. The number of primary amides is 1. The monoisotopic (exact) mass is 602 g/mol. The number of aryl methyl sites for hydroxylation is 4. The van der Waals surface area contributed by atoms with Gasteiger partial charge in [-0.1, -0.05) is 17.7 Å². The standard InChI is InChI=1S/C32H38N6O4S/c1-19-13-21(3)30(22(4)14-19)43(41,42)35-17-23(5)36-27-15-20(2)16-29-26(27)18-34-38(29)25-10-8-24(9-11-25)32(40)37-12-6-7-28(37)31(33)39/h8-11,13-16,18,23,28,35-36H,6-7,12,17H2,1-5H3,(H2,33,39)/t23-,28+/m1/s1. The van der Waals surface area contributed by atoms with Gasteiger partial charge in [0.1, 0.15) is 6.04 Å². The van der Waals surface area contributed by atoms with E-state index in [2.05, 4.69) is 15.1 Å². The number of carbonyl (C=O) groups excluding carboxylic acids is 2. The van der Waals surface area contributed by atoms with E-state index in [0.29, 0.717) is 23.4 Å². The number of nitrogens with two attached hydrogens (primary N) is 1. The van der Waals surface area contributed by atoms with Gasteiger partial charge >= 0.3 is 0 Å². The molecule has 11 heteroatoms. The number of likely N-dealkylation sites (tertiary alicyclic amines) is 1. The Hall–Kier alpha value is -4.22. The first-order chi connectivity index (χ1) is 20.4. The molecule has 4 aromatic rings. The van der Waals surface area contributed by atoms with Crippen LogP contribution in [0.2, 0.25) is 0 Å². The number of fused-ring (bicyclic) bond motifs is 1. The third kappa shape index (κ3) is 6.14. The van der Waals surface area contributed by atoms with Crippen LogP contribution >= 0.6 is 0 Å². The summed E-state index contributed by atoms with van der Waals surface area (Å²) in [6.07, 6.45) is 3.11. The predicted molar refractivity (Wildman–Crippen MR) is 168 cm³/mol. The third-order valence-corrected chi connectivity index (χ3v) is 9.62. The fourth-order valence-electron chi connectivity index (χ4n) is 6.02. The minimum atomic E-state index is -3.69. The summed E-state index contributed by atoms with van der Waals surface area (Å²) in [6, 6.07) is 14.2. The Labute approximate surface area is 252 Å². The summed E-state index contributed by atoms with van der Waals surface area (Å²) >= 11 is 0. The molecule has 0 spiro atoms. The molecule has 2 amide bonds. The normalized spacial score (nSPS) is 16.0. The molecule has 0 unspecified atom stereocenters. The fraction of sp³-hybridized carbons (Fsp3) is 0.344. The fourth-order valence-corrected chi connectivity index (χ4v) is 7.60. The van der Waals surface area contributed by atoms with Gasteiger partial charge in [0, 0.05) is 35.8 Å². The second kappa shape index (κ2) is 11.8. The van der Waals surface area contributed by atoms with Crippen molar-refractivity contribution in [3.8, 4) is 5.69 Å².